The van der Waals surface area contributed by atoms with Crippen LogP contribution in [0.1, 0.15) is 12.0 Å². The van der Waals surface area contributed by atoms with E-state index in [1.165, 1.54) is 6.07 Å². The van der Waals surface area contributed by atoms with Gasteiger partial charge in [-0.15, -0.1) is 0 Å². The van der Waals surface area contributed by atoms with E-state index < -0.39 is 22.0 Å². The molecule has 0 radical (unpaired) electrons. The van der Waals surface area contributed by atoms with E-state index >= 15 is 0 Å². The van der Waals surface area contributed by atoms with E-state index in [-0.39, 0.29) is 11.3 Å². The number of carbonyl (C=O) groups is 1. The second-order valence-electron chi connectivity index (χ2n) is 6.05. The number of carboxylic acid groups (broad SMARTS) is 1. The average molecular weight is 369 g/mol. The first-order chi connectivity index (χ1) is 12.5. The van der Waals surface area contributed by atoms with E-state index in [0.29, 0.717) is 6.42 Å². The lowest BCUT2D eigenvalue weighted by atomic mass is 10.1. The van der Waals surface area contributed by atoms with Crippen molar-refractivity contribution in [3.05, 3.63) is 78.4 Å². The predicted molar refractivity (Wildman–Crippen MR) is 100 cm³/mol. The minimum atomic E-state index is -3.93. The van der Waals surface area contributed by atoms with Crippen LogP contribution in [0, 0.1) is 0 Å². The molecule has 3 aromatic rings. The average Bonchev–Trinajstić information content (AvgIpc) is 2.65. The highest BCUT2D eigenvalue weighted by Crippen LogP contribution is 2.19. The zero-order valence-electron chi connectivity index (χ0n) is 14.0. The maximum Gasteiger partial charge on any atom is 0.321 e. The van der Waals surface area contributed by atoms with Crippen molar-refractivity contribution < 1.29 is 18.3 Å². The van der Waals surface area contributed by atoms with Gasteiger partial charge >= 0.3 is 5.97 Å². The van der Waals surface area contributed by atoms with Crippen molar-refractivity contribution in [1.82, 2.24) is 4.72 Å². The van der Waals surface area contributed by atoms with Gasteiger partial charge in [0.1, 0.15) is 6.04 Å². The van der Waals surface area contributed by atoms with Gasteiger partial charge in [0.25, 0.3) is 0 Å². The Morgan fingerprint density at radius 1 is 0.923 bits per heavy atom. The van der Waals surface area contributed by atoms with Gasteiger partial charge in [-0.2, -0.15) is 4.72 Å². The van der Waals surface area contributed by atoms with Crippen LogP contribution in [0.5, 0.6) is 0 Å². The maximum atomic E-state index is 12.6. The van der Waals surface area contributed by atoms with Gasteiger partial charge in [0.15, 0.2) is 0 Å². The lowest BCUT2D eigenvalue weighted by Crippen LogP contribution is -2.41. The molecular weight excluding hydrogens is 350 g/mol. The molecule has 0 heterocycles. The highest BCUT2D eigenvalue weighted by molar-refractivity contribution is 7.89. The fraction of sp³-hybridized carbons (Fsp3) is 0.150. The number of hydrogen-bond donors (Lipinski definition) is 2. The van der Waals surface area contributed by atoms with Crippen molar-refractivity contribution in [1.29, 1.82) is 0 Å². The first kappa shape index (κ1) is 18.1. The summed E-state index contributed by atoms with van der Waals surface area (Å²) in [7, 11) is -3.93. The van der Waals surface area contributed by atoms with Gasteiger partial charge < -0.3 is 5.11 Å². The quantitative estimate of drug-likeness (QED) is 0.670. The topological polar surface area (TPSA) is 83.5 Å². The van der Waals surface area contributed by atoms with Gasteiger partial charge in [-0.1, -0.05) is 60.7 Å². The third-order valence-corrected chi connectivity index (χ3v) is 5.66. The Kier molecular flexibility index (Phi) is 5.35. The number of benzene rings is 3. The van der Waals surface area contributed by atoms with Gasteiger partial charge in [0.2, 0.25) is 10.0 Å². The van der Waals surface area contributed by atoms with E-state index in [9.17, 15) is 18.3 Å². The number of fused-ring (bicyclic) bond motifs is 1. The summed E-state index contributed by atoms with van der Waals surface area (Å²) in [5.74, 6) is -1.19. The molecule has 5 nitrogen and oxygen atoms in total. The molecule has 0 saturated carbocycles. The summed E-state index contributed by atoms with van der Waals surface area (Å²) in [6.45, 7) is 0. The number of rotatable bonds is 7. The Bertz CT molecular complexity index is 1020. The molecule has 0 spiro atoms. The van der Waals surface area contributed by atoms with Gasteiger partial charge in [-0.25, -0.2) is 8.42 Å². The van der Waals surface area contributed by atoms with E-state index in [4.69, 9.17) is 0 Å². The minimum absolute atomic E-state index is 0.0576. The maximum absolute atomic E-state index is 12.6. The molecule has 0 aliphatic heterocycles. The predicted octanol–water partition coefficient (Wildman–Crippen LogP) is 3.20. The molecule has 134 valence electrons. The van der Waals surface area contributed by atoms with Crippen molar-refractivity contribution in [2.24, 2.45) is 0 Å². The van der Waals surface area contributed by atoms with Crippen LogP contribution in [0.25, 0.3) is 10.8 Å². The number of aryl methyl sites for hydroxylation is 1. The van der Waals surface area contributed by atoms with Crippen LogP contribution in [-0.2, 0) is 21.2 Å². The molecule has 6 heteroatoms. The van der Waals surface area contributed by atoms with Crippen molar-refractivity contribution in [3.8, 4) is 0 Å². The molecular formula is C20H19NO4S. The molecule has 0 unspecified atom stereocenters. The van der Waals surface area contributed by atoms with Gasteiger partial charge in [-0.05, 0) is 41.3 Å². The number of aliphatic carboxylic acids is 1. The van der Waals surface area contributed by atoms with Crippen LogP contribution in [0.3, 0.4) is 0 Å². The molecule has 0 fully saturated rings. The highest BCUT2D eigenvalue weighted by Gasteiger charge is 2.25. The van der Waals surface area contributed by atoms with E-state index in [1.54, 1.807) is 12.1 Å². The number of nitrogens with one attached hydrogen (secondary N) is 1. The molecule has 0 bridgehead atoms. The molecule has 0 amide bonds. The van der Waals surface area contributed by atoms with Crippen LogP contribution < -0.4 is 4.72 Å². The van der Waals surface area contributed by atoms with Crippen LogP contribution in [0.4, 0.5) is 0 Å². The van der Waals surface area contributed by atoms with Crippen LogP contribution in [-0.4, -0.2) is 25.5 Å². The molecule has 0 saturated heterocycles. The summed E-state index contributed by atoms with van der Waals surface area (Å²) >= 11 is 0. The third kappa shape index (κ3) is 4.28. The Morgan fingerprint density at radius 2 is 1.58 bits per heavy atom. The second-order valence-corrected chi connectivity index (χ2v) is 7.76. The van der Waals surface area contributed by atoms with Crippen molar-refractivity contribution in [2.45, 2.75) is 23.8 Å². The number of hydrogen-bond acceptors (Lipinski definition) is 3. The third-order valence-electron chi connectivity index (χ3n) is 4.19. The zero-order valence-corrected chi connectivity index (χ0v) is 14.8. The number of carboxylic acids is 1. The lowest BCUT2D eigenvalue weighted by molar-refractivity contribution is -0.139. The first-order valence-corrected chi connectivity index (χ1v) is 9.72. The summed E-state index contributed by atoms with van der Waals surface area (Å²) < 4.78 is 27.6. The van der Waals surface area contributed by atoms with Gasteiger partial charge in [0, 0.05) is 0 Å². The van der Waals surface area contributed by atoms with Crippen molar-refractivity contribution >= 4 is 26.8 Å². The van der Waals surface area contributed by atoms with Crippen molar-refractivity contribution in [3.63, 3.8) is 0 Å². The summed E-state index contributed by atoms with van der Waals surface area (Å²) in [6, 6.07) is 20.3. The Labute approximate surface area is 152 Å². The monoisotopic (exact) mass is 369 g/mol. The Morgan fingerprint density at radius 3 is 2.27 bits per heavy atom. The van der Waals surface area contributed by atoms with Crippen LogP contribution in [0.15, 0.2) is 77.7 Å². The summed E-state index contributed by atoms with van der Waals surface area (Å²) in [6.07, 6.45) is 0.643. The van der Waals surface area contributed by atoms with E-state index in [1.807, 2.05) is 54.6 Å². The molecule has 3 aromatic carbocycles. The van der Waals surface area contributed by atoms with Crippen LogP contribution >= 0.6 is 0 Å². The summed E-state index contributed by atoms with van der Waals surface area (Å²) in [5, 5.41) is 11.1. The largest absolute Gasteiger partial charge is 0.480 e. The zero-order chi connectivity index (χ0) is 18.6. The lowest BCUT2D eigenvalue weighted by Gasteiger charge is -2.15. The van der Waals surface area contributed by atoms with Crippen LogP contribution in [0.2, 0.25) is 0 Å². The second kappa shape index (κ2) is 7.68. The molecule has 1 atom stereocenters. The fourth-order valence-electron chi connectivity index (χ4n) is 2.78. The smallest absolute Gasteiger partial charge is 0.321 e. The van der Waals surface area contributed by atoms with E-state index in [0.717, 1.165) is 16.3 Å². The normalized spacial score (nSPS) is 12.8. The summed E-state index contributed by atoms with van der Waals surface area (Å²) in [5.41, 5.74) is 0.962. The highest BCUT2D eigenvalue weighted by atomic mass is 32.2. The standard InChI is InChI=1S/C20H19NO4S/c22-20(23)19(13-10-15-6-2-1-3-7-15)21-26(24,25)18-12-11-16-8-4-5-9-17(16)14-18/h1-9,11-12,14,19,21H,10,13H2,(H,22,23)/t19-/m0/s1. The molecule has 3 rings (SSSR count). The molecule has 26 heavy (non-hydrogen) atoms. The minimum Gasteiger partial charge on any atom is -0.480 e. The Balaban J connectivity index is 1.79. The molecule has 0 aromatic heterocycles. The van der Waals surface area contributed by atoms with Gasteiger partial charge in [-0.3, -0.25) is 4.79 Å². The number of sulfonamides is 1. The first-order valence-electron chi connectivity index (χ1n) is 8.23. The molecule has 2 N–H and O–H groups in total. The van der Waals surface area contributed by atoms with Gasteiger partial charge in [0.05, 0.1) is 4.90 Å². The Hall–Kier alpha value is -2.70. The molecule has 0 aliphatic rings. The molecule has 0 aliphatic carbocycles. The summed E-state index contributed by atoms with van der Waals surface area (Å²) in [4.78, 5) is 11.6. The SMILES string of the molecule is O=C(O)[C@H](CCc1ccccc1)NS(=O)(=O)c1ccc2ccccc2c1. The fourth-order valence-corrected chi connectivity index (χ4v) is 4.04. The van der Waals surface area contributed by atoms with Crippen molar-refractivity contribution in [2.75, 3.05) is 0 Å². The van der Waals surface area contributed by atoms with E-state index in [2.05, 4.69) is 4.72 Å².